The van der Waals surface area contributed by atoms with Gasteiger partial charge in [-0.2, -0.15) is 0 Å². The van der Waals surface area contributed by atoms with Crippen molar-refractivity contribution in [2.24, 2.45) is 20.5 Å². The lowest BCUT2D eigenvalue weighted by Gasteiger charge is -2.48. The van der Waals surface area contributed by atoms with E-state index in [1.54, 1.807) is 54.6 Å². The van der Waals surface area contributed by atoms with E-state index in [-0.39, 0.29) is 55.9 Å². The van der Waals surface area contributed by atoms with E-state index in [4.69, 9.17) is 47.4 Å². The highest BCUT2D eigenvalue weighted by atomic mass is 16.7. The Bertz CT molecular complexity index is 3330. The fourth-order valence-corrected chi connectivity index (χ4v) is 10.2. The molecule has 1 saturated carbocycles. The van der Waals surface area contributed by atoms with Crippen LogP contribution in [0.25, 0.3) is 41.8 Å². The summed E-state index contributed by atoms with van der Waals surface area (Å²) in [4.78, 5) is 54.7. The van der Waals surface area contributed by atoms with E-state index in [0.717, 1.165) is 16.7 Å². The Hall–Kier alpha value is -9.31. The Morgan fingerprint density at radius 2 is 0.729 bits per heavy atom. The molecular formula is C60H58N12O13. The monoisotopic (exact) mass is 1150 g/mol. The molecule has 0 amide bonds. The number of esters is 3. The van der Waals surface area contributed by atoms with Gasteiger partial charge in [0.2, 0.25) is 0 Å². The molecule has 25 nitrogen and oxygen atoms in total. The number of azide groups is 4. The zero-order chi connectivity index (χ0) is 59.2. The second-order valence-electron chi connectivity index (χ2n) is 19.8. The molecule has 6 aromatic rings. The second kappa shape index (κ2) is 30.8. The van der Waals surface area contributed by atoms with E-state index in [1.165, 1.54) is 36.4 Å². The lowest BCUT2D eigenvalue weighted by atomic mass is 9.86. The van der Waals surface area contributed by atoms with Gasteiger partial charge in [-0.15, -0.1) is 0 Å². The summed E-state index contributed by atoms with van der Waals surface area (Å²) in [5, 5.41) is 15.9. The first-order valence-electron chi connectivity index (χ1n) is 27.2. The predicted octanol–water partition coefficient (Wildman–Crippen LogP) is 11.4. The smallest absolute Gasteiger partial charge is 0.338 e. The van der Waals surface area contributed by atoms with Crippen LogP contribution in [0.3, 0.4) is 0 Å². The maximum atomic E-state index is 14.2. The van der Waals surface area contributed by atoms with Gasteiger partial charge in [-0.3, -0.25) is 0 Å². The molecule has 6 aromatic carbocycles. The van der Waals surface area contributed by atoms with Crippen molar-refractivity contribution in [3.63, 3.8) is 0 Å². The van der Waals surface area contributed by atoms with Gasteiger partial charge >= 0.3 is 17.9 Å². The first kappa shape index (κ1) is 60.3. The first-order valence-corrected chi connectivity index (χ1v) is 27.2. The number of benzene rings is 6. The summed E-state index contributed by atoms with van der Waals surface area (Å²) in [5.74, 6) is -2.76. The third kappa shape index (κ3) is 16.3. The summed E-state index contributed by atoms with van der Waals surface area (Å²) in [6, 6.07) is 49.5. The summed E-state index contributed by atoms with van der Waals surface area (Å²) in [6.45, 7) is -0.532. The molecule has 0 aromatic heterocycles. The van der Waals surface area contributed by atoms with Crippen molar-refractivity contribution >= 4 is 17.9 Å². The maximum Gasteiger partial charge on any atom is 0.338 e. The number of hydrogen-bond donors (Lipinski definition) is 0. The standard InChI is InChI=1S/C60H58N12O13/c61-69-65-33-48-50(76-35-38-19-7-1-8-20-38)52(77-36-39-21-9-2-10-22-39)54(78-37-40-23-11-3-12-24-40)59(81-48)79-46-31-45(68-72-64)47(32-44(46)67-71-63)80-60-55(85-58(75)43-29-17-6-18-30-43)53(84-57(74)42-27-15-5-16-28-42)51(49(82-60)34-66-70-62)83-56(73)41-25-13-4-14-26-41/h1-30,44-55,59-60H,31-37H2/t44-,45-,46-,47-,48+,49+,50+,51+,52-,53-,54+,55+,59-,60+/m0/s1. The van der Waals surface area contributed by atoms with Gasteiger partial charge in [-0.1, -0.05) is 166 Å². The Morgan fingerprint density at radius 1 is 0.400 bits per heavy atom. The molecule has 0 spiro atoms. The van der Waals surface area contributed by atoms with Crippen molar-refractivity contribution in [2.75, 3.05) is 13.1 Å². The van der Waals surface area contributed by atoms with Crippen molar-refractivity contribution in [2.45, 2.75) is 118 Å². The molecular weight excluding hydrogens is 1100 g/mol. The van der Waals surface area contributed by atoms with Gasteiger partial charge in [0.1, 0.15) is 24.4 Å². The number of nitrogens with zero attached hydrogens (tertiary/aromatic N) is 12. The van der Waals surface area contributed by atoms with Crippen LogP contribution < -0.4 is 0 Å². The third-order valence-electron chi connectivity index (χ3n) is 14.3. The van der Waals surface area contributed by atoms with Crippen molar-refractivity contribution in [3.8, 4) is 0 Å². The molecule has 2 heterocycles. The molecule has 14 atom stereocenters. The summed E-state index contributed by atoms with van der Waals surface area (Å²) in [6.07, 6.45) is -16.7. The second-order valence-corrected chi connectivity index (χ2v) is 19.8. The minimum Gasteiger partial charge on any atom is -0.452 e. The molecule has 1 aliphatic carbocycles. The van der Waals surface area contributed by atoms with Crippen LogP contribution >= 0.6 is 0 Å². The maximum absolute atomic E-state index is 14.2. The molecule has 2 saturated heterocycles. The van der Waals surface area contributed by atoms with Crippen LogP contribution in [0.5, 0.6) is 0 Å². The van der Waals surface area contributed by atoms with E-state index in [0.29, 0.717) is 0 Å². The number of hydrogen-bond acceptors (Lipinski definition) is 17. The van der Waals surface area contributed by atoms with E-state index in [1.807, 2.05) is 91.0 Å². The number of ether oxygens (including phenoxy) is 10. The Labute approximate surface area is 487 Å². The minimum atomic E-state index is -1.79. The molecule has 2 aliphatic heterocycles. The van der Waals surface area contributed by atoms with Crippen LogP contribution in [0.2, 0.25) is 0 Å². The van der Waals surface area contributed by atoms with Crippen molar-refractivity contribution in [1.82, 2.24) is 0 Å². The van der Waals surface area contributed by atoms with Crippen LogP contribution in [0.15, 0.2) is 202 Å². The molecule has 0 bridgehead atoms. The van der Waals surface area contributed by atoms with Gasteiger partial charge in [-0.05, 0) is 88.1 Å². The fourth-order valence-electron chi connectivity index (χ4n) is 10.2. The first-order chi connectivity index (χ1) is 41.7. The SMILES string of the molecule is [N-]=[N+]=NC[C@H]1O[C@H](O[C@H]2C[C@H](N=[N+]=[N-])[C@@H](O[C@@H]3O[C@H](CN=[N+]=[N-])[C@@H](OC(=O)c4ccccc4)[C@H](OC(=O)c4ccccc4)[C@H]3OC(=O)c3ccccc3)C[C@@H]2N=[N+]=[N-])[C@H](OCc2ccccc2)[C@@H](OCc2ccccc2)[C@@H]1OCc1ccccc1. The van der Waals surface area contributed by atoms with Gasteiger partial charge in [-0.25, -0.2) is 14.4 Å². The highest BCUT2D eigenvalue weighted by Crippen LogP contribution is 2.39. The topological polar surface area (TPSA) is 339 Å². The van der Waals surface area contributed by atoms with E-state index in [2.05, 4.69) is 40.1 Å². The average Bonchev–Trinajstić information content (AvgIpc) is 2.06. The van der Waals surface area contributed by atoms with Crippen molar-refractivity contribution in [3.05, 3.63) is 257 Å². The molecule has 0 N–H and O–H groups in total. The van der Waals surface area contributed by atoms with Crippen LogP contribution in [-0.2, 0) is 67.2 Å². The van der Waals surface area contributed by atoms with Crippen LogP contribution in [0.1, 0.15) is 60.6 Å². The Morgan fingerprint density at radius 3 is 1.12 bits per heavy atom. The summed E-state index contributed by atoms with van der Waals surface area (Å²) in [7, 11) is 0. The largest absolute Gasteiger partial charge is 0.452 e. The van der Waals surface area contributed by atoms with Crippen LogP contribution in [0.4, 0.5) is 0 Å². The number of rotatable bonds is 25. The number of carbonyl (C=O) groups excluding carboxylic acids is 3. The van der Waals surface area contributed by atoms with Crippen LogP contribution in [0, 0.1) is 0 Å². The van der Waals surface area contributed by atoms with Gasteiger partial charge in [0.05, 0.1) is 80.0 Å². The molecule has 0 radical (unpaired) electrons. The van der Waals surface area contributed by atoms with Gasteiger partial charge in [0.25, 0.3) is 0 Å². The average molecular weight is 1160 g/mol. The number of carbonyl (C=O) groups is 3. The third-order valence-corrected chi connectivity index (χ3v) is 14.3. The van der Waals surface area contributed by atoms with Crippen molar-refractivity contribution < 1.29 is 61.8 Å². The van der Waals surface area contributed by atoms with Crippen molar-refractivity contribution in [1.29, 1.82) is 0 Å². The van der Waals surface area contributed by atoms with E-state index in [9.17, 15) is 36.5 Å². The highest BCUT2D eigenvalue weighted by Gasteiger charge is 2.56. The predicted molar refractivity (Wildman–Crippen MR) is 302 cm³/mol. The zero-order valence-corrected chi connectivity index (χ0v) is 45.5. The van der Waals surface area contributed by atoms with Gasteiger partial charge in [0.15, 0.2) is 30.9 Å². The minimum absolute atomic E-state index is 0.0418. The molecule has 85 heavy (non-hydrogen) atoms. The van der Waals surface area contributed by atoms with Crippen LogP contribution in [-0.4, -0.2) is 117 Å². The van der Waals surface area contributed by atoms with Gasteiger partial charge < -0.3 is 47.4 Å². The summed E-state index contributed by atoms with van der Waals surface area (Å²) in [5.41, 5.74) is 42.4. The lowest BCUT2D eigenvalue weighted by Crippen LogP contribution is -2.64. The molecule has 9 rings (SSSR count). The molecule has 3 fully saturated rings. The molecule has 0 unspecified atom stereocenters. The molecule has 25 heteroatoms. The Balaban J connectivity index is 1.07. The summed E-state index contributed by atoms with van der Waals surface area (Å²) < 4.78 is 65.6. The Kier molecular flexibility index (Phi) is 21.9. The zero-order valence-electron chi connectivity index (χ0n) is 45.5. The highest BCUT2D eigenvalue weighted by molar-refractivity contribution is 5.91. The normalized spacial score (nSPS) is 26.1. The molecule has 436 valence electrons. The quantitative estimate of drug-likeness (QED) is 0.0169. The van der Waals surface area contributed by atoms with E-state index < -0.39 is 110 Å². The lowest BCUT2D eigenvalue weighted by molar-refractivity contribution is -0.335. The summed E-state index contributed by atoms with van der Waals surface area (Å²) >= 11 is 0. The fraction of sp³-hybridized carbons (Fsp3) is 0.350. The van der Waals surface area contributed by atoms with E-state index >= 15 is 0 Å². The molecule has 3 aliphatic rings. The van der Waals surface area contributed by atoms with Gasteiger partial charge in [0, 0.05) is 19.6 Å².